The molecule has 2 aromatic carbocycles. The van der Waals surface area contributed by atoms with Crippen LogP contribution in [0, 0.1) is 6.92 Å². The molecule has 0 spiro atoms. The Morgan fingerprint density at radius 2 is 1.67 bits per heavy atom. The van der Waals surface area contributed by atoms with Crippen LogP contribution in [0.5, 0.6) is 0 Å². The molecular formula is C16H15BrF3N. The van der Waals surface area contributed by atoms with Gasteiger partial charge in [0.2, 0.25) is 0 Å². The zero-order chi connectivity index (χ0) is 15.6. The maximum atomic E-state index is 12.6. The van der Waals surface area contributed by atoms with Crippen LogP contribution in [-0.2, 0) is 6.18 Å². The van der Waals surface area contributed by atoms with Crippen molar-refractivity contribution < 1.29 is 13.2 Å². The number of alkyl halides is 3. The highest BCUT2D eigenvalue weighted by Gasteiger charge is 2.30. The zero-order valence-corrected chi connectivity index (χ0v) is 13.2. The van der Waals surface area contributed by atoms with Gasteiger partial charge < -0.3 is 5.32 Å². The predicted octanol–water partition coefficient (Wildman–Crippen LogP) is 5.95. The van der Waals surface area contributed by atoms with E-state index in [1.807, 2.05) is 38.1 Å². The Balaban J connectivity index is 2.18. The minimum atomic E-state index is -4.33. The molecule has 1 nitrogen and oxygen atoms in total. The van der Waals surface area contributed by atoms with E-state index in [9.17, 15) is 13.2 Å². The molecule has 0 aromatic heterocycles. The number of nitrogens with one attached hydrogen (secondary N) is 1. The Morgan fingerprint density at radius 1 is 1.05 bits per heavy atom. The molecule has 2 rings (SSSR count). The van der Waals surface area contributed by atoms with Crippen LogP contribution in [0.15, 0.2) is 46.9 Å². The highest BCUT2D eigenvalue weighted by molar-refractivity contribution is 9.10. The standard InChI is InChI=1S/C16H15BrF3N/c1-10-3-5-12(6-4-10)11(2)21-15-8-7-13(9-14(15)17)16(18,19)20/h3-9,11,21H,1-2H3. The minimum absolute atomic E-state index is 0.00126. The van der Waals surface area contributed by atoms with Crippen LogP contribution in [0.2, 0.25) is 0 Å². The quantitative estimate of drug-likeness (QED) is 0.715. The van der Waals surface area contributed by atoms with Crippen LogP contribution in [0.1, 0.15) is 29.7 Å². The molecule has 0 amide bonds. The highest BCUT2D eigenvalue weighted by atomic mass is 79.9. The van der Waals surface area contributed by atoms with E-state index in [0.717, 1.165) is 17.7 Å². The SMILES string of the molecule is Cc1ccc(C(C)Nc2ccc(C(F)(F)F)cc2Br)cc1. The summed E-state index contributed by atoms with van der Waals surface area (Å²) in [6.45, 7) is 3.98. The van der Waals surface area contributed by atoms with Crippen molar-refractivity contribution in [1.82, 2.24) is 0 Å². The van der Waals surface area contributed by atoms with E-state index in [0.29, 0.717) is 10.2 Å². The maximum absolute atomic E-state index is 12.6. The summed E-state index contributed by atoms with van der Waals surface area (Å²) in [5, 5.41) is 3.21. The second-order valence-electron chi connectivity index (χ2n) is 4.97. The third kappa shape index (κ3) is 4.00. The van der Waals surface area contributed by atoms with E-state index in [4.69, 9.17) is 0 Å². The molecule has 0 radical (unpaired) electrons. The van der Waals surface area contributed by atoms with Gasteiger partial charge in [-0.25, -0.2) is 0 Å². The molecule has 0 saturated heterocycles. The molecular weight excluding hydrogens is 343 g/mol. The van der Waals surface area contributed by atoms with Gasteiger partial charge >= 0.3 is 6.18 Å². The van der Waals surface area contributed by atoms with Crippen molar-refractivity contribution in [3.63, 3.8) is 0 Å². The summed E-state index contributed by atoms with van der Waals surface area (Å²) in [5.74, 6) is 0. The summed E-state index contributed by atoms with van der Waals surface area (Å²) >= 11 is 3.19. The Kier molecular flexibility index (Phi) is 4.61. The van der Waals surface area contributed by atoms with Gasteiger partial charge in [0.25, 0.3) is 0 Å². The van der Waals surface area contributed by atoms with Crippen LogP contribution >= 0.6 is 15.9 Å². The third-order valence-electron chi connectivity index (χ3n) is 3.25. The smallest absolute Gasteiger partial charge is 0.378 e. The van der Waals surface area contributed by atoms with Crippen molar-refractivity contribution in [2.75, 3.05) is 5.32 Å². The number of anilines is 1. The normalized spacial score (nSPS) is 13.0. The Hall–Kier alpha value is -1.49. The Morgan fingerprint density at radius 3 is 2.19 bits per heavy atom. The van der Waals surface area contributed by atoms with Gasteiger partial charge in [-0.3, -0.25) is 0 Å². The van der Waals surface area contributed by atoms with Crippen LogP contribution in [-0.4, -0.2) is 0 Å². The first-order valence-corrected chi connectivity index (χ1v) is 7.26. The first kappa shape index (κ1) is 15.9. The van der Waals surface area contributed by atoms with Crippen LogP contribution in [0.3, 0.4) is 0 Å². The molecule has 0 aliphatic rings. The average Bonchev–Trinajstić information content (AvgIpc) is 2.40. The van der Waals surface area contributed by atoms with E-state index in [1.165, 1.54) is 11.6 Å². The lowest BCUT2D eigenvalue weighted by molar-refractivity contribution is -0.137. The van der Waals surface area contributed by atoms with Gasteiger partial charge in [-0.1, -0.05) is 29.8 Å². The van der Waals surface area contributed by atoms with Gasteiger partial charge in [0, 0.05) is 16.2 Å². The first-order chi connectivity index (χ1) is 9.77. The van der Waals surface area contributed by atoms with Crippen molar-refractivity contribution in [3.05, 3.63) is 63.6 Å². The summed E-state index contributed by atoms with van der Waals surface area (Å²) in [6, 6.07) is 11.6. The molecule has 1 unspecified atom stereocenters. The molecule has 112 valence electrons. The van der Waals surface area contributed by atoms with Crippen LogP contribution in [0.4, 0.5) is 18.9 Å². The van der Waals surface area contributed by atoms with E-state index in [-0.39, 0.29) is 6.04 Å². The van der Waals surface area contributed by atoms with E-state index in [1.54, 1.807) is 0 Å². The van der Waals surface area contributed by atoms with Gasteiger partial charge in [0.15, 0.2) is 0 Å². The average molecular weight is 358 g/mol. The molecule has 1 atom stereocenters. The van der Waals surface area contributed by atoms with Crippen molar-refractivity contribution in [1.29, 1.82) is 0 Å². The first-order valence-electron chi connectivity index (χ1n) is 6.47. The second-order valence-corrected chi connectivity index (χ2v) is 5.82. The lowest BCUT2D eigenvalue weighted by atomic mass is 10.1. The third-order valence-corrected chi connectivity index (χ3v) is 3.90. The molecule has 1 N–H and O–H groups in total. The molecule has 2 aromatic rings. The number of hydrogen-bond acceptors (Lipinski definition) is 1. The summed E-state index contributed by atoms with van der Waals surface area (Å²) in [4.78, 5) is 0. The molecule has 0 saturated carbocycles. The fourth-order valence-corrected chi connectivity index (χ4v) is 2.47. The van der Waals surface area contributed by atoms with E-state index < -0.39 is 11.7 Å². The van der Waals surface area contributed by atoms with Gasteiger partial charge in [-0.2, -0.15) is 13.2 Å². The number of halogens is 4. The summed E-state index contributed by atoms with van der Waals surface area (Å²) in [7, 11) is 0. The number of rotatable bonds is 3. The summed E-state index contributed by atoms with van der Waals surface area (Å²) < 4.78 is 38.3. The van der Waals surface area contributed by atoms with Crippen molar-refractivity contribution >= 4 is 21.6 Å². The molecule has 0 heterocycles. The van der Waals surface area contributed by atoms with Gasteiger partial charge in [0.05, 0.1) is 5.56 Å². The summed E-state index contributed by atoms with van der Waals surface area (Å²) in [6.07, 6.45) is -4.33. The van der Waals surface area contributed by atoms with E-state index in [2.05, 4.69) is 21.2 Å². The predicted molar refractivity (Wildman–Crippen MR) is 82.4 cm³/mol. The topological polar surface area (TPSA) is 12.0 Å². The molecule has 0 aliphatic carbocycles. The van der Waals surface area contributed by atoms with Gasteiger partial charge in [-0.05, 0) is 53.5 Å². The highest BCUT2D eigenvalue weighted by Crippen LogP contribution is 2.35. The Bertz CT molecular complexity index is 620. The van der Waals surface area contributed by atoms with Gasteiger partial charge in [0.1, 0.15) is 0 Å². The minimum Gasteiger partial charge on any atom is -0.378 e. The monoisotopic (exact) mass is 357 g/mol. The van der Waals surface area contributed by atoms with Crippen molar-refractivity contribution in [2.45, 2.75) is 26.1 Å². The number of benzene rings is 2. The van der Waals surface area contributed by atoms with Crippen molar-refractivity contribution in [3.8, 4) is 0 Å². The lowest BCUT2D eigenvalue weighted by Crippen LogP contribution is -2.09. The molecule has 0 aliphatic heterocycles. The number of hydrogen-bond donors (Lipinski definition) is 1. The molecule has 5 heteroatoms. The second kappa shape index (κ2) is 6.10. The fourth-order valence-electron chi connectivity index (χ4n) is 1.98. The maximum Gasteiger partial charge on any atom is 0.416 e. The van der Waals surface area contributed by atoms with Crippen molar-refractivity contribution in [2.24, 2.45) is 0 Å². The largest absolute Gasteiger partial charge is 0.416 e. The molecule has 21 heavy (non-hydrogen) atoms. The van der Waals surface area contributed by atoms with E-state index >= 15 is 0 Å². The zero-order valence-electron chi connectivity index (χ0n) is 11.6. The fraction of sp³-hybridized carbons (Fsp3) is 0.250. The van der Waals surface area contributed by atoms with Crippen LogP contribution in [0.25, 0.3) is 0 Å². The van der Waals surface area contributed by atoms with Gasteiger partial charge in [-0.15, -0.1) is 0 Å². The summed E-state index contributed by atoms with van der Waals surface area (Å²) in [5.41, 5.74) is 2.22. The number of aryl methyl sites for hydroxylation is 1. The Labute approximate surface area is 130 Å². The van der Waals surface area contributed by atoms with Crippen LogP contribution < -0.4 is 5.32 Å². The lowest BCUT2D eigenvalue weighted by Gasteiger charge is -2.18. The molecule has 0 fully saturated rings. The molecule has 0 bridgehead atoms.